The molecule has 1 atom stereocenters. The van der Waals surface area contributed by atoms with Crippen LogP contribution in [0.15, 0.2) is 0 Å². The Morgan fingerprint density at radius 2 is 2.11 bits per heavy atom. The third kappa shape index (κ3) is 2.49. The SMILES string of the molecule is [O-][S+](CC(F)F)C1CC1. The van der Waals surface area contributed by atoms with Crippen molar-refractivity contribution in [3.8, 4) is 0 Å². The average Bonchev–Trinajstić information content (AvgIpc) is 2.40. The largest absolute Gasteiger partial charge is 0.616 e. The molecule has 1 fully saturated rings. The minimum absolute atomic E-state index is 0.0963. The van der Waals surface area contributed by atoms with E-state index in [9.17, 15) is 13.3 Å². The molecule has 0 amide bonds. The van der Waals surface area contributed by atoms with Crippen molar-refractivity contribution in [1.29, 1.82) is 0 Å². The van der Waals surface area contributed by atoms with E-state index in [1.165, 1.54) is 0 Å². The first kappa shape index (κ1) is 7.28. The molecule has 1 aliphatic carbocycles. The molecule has 0 bridgehead atoms. The standard InChI is InChI=1S/C5H8F2OS/c6-5(7)3-9(8)4-1-2-4/h4-5H,1-3H2. The number of hydrogen-bond donors (Lipinski definition) is 0. The Labute approximate surface area is 55.6 Å². The number of hydrogen-bond acceptors (Lipinski definition) is 1. The van der Waals surface area contributed by atoms with Crippen molar-refractivity contribution in [2.24, 2.45) is 0 Å². The first-order valence-corrected chi connectivity index (χ1v) is 4.23. The summed E-state index contributed by atoms with van der Waals surface area (Å²) in [4.78, 5) is 0. The number of rotatable bonds is 3. The Morgan fingerprint density at radius 1 is 1.56 bits per heavy atom. The smallest absolute Gasteiger partial charge is 0.282 e. The molecule has 0 N–H and O–H groups in total. The Balaban J connectivity index is 2.10. The molecule has 0 aromatic heterocycles. The van der Waals surface area contributed by atoms with Gasteiger partial charge in [0.25, 0.3) is 6.43 Å². The van der Waals surface area contributed by atoms with Gasteiger partial charge < -0.3 is 4.55 Å². The summed E-state index contributed by atoms with van der Waals surface area (Å²) in [6.45, 7) is 0. The van der Waals surface area contributed by atoms with Crippen LogP contribution in [0.1, 0.15) is 12.8 Å². The van der Waals surface area contributed by atoms with Gasteiger partial charge in [0.1, 0.15) is 5.25 Å². The van der Waals surface area contributed by atoms with Gasteiger partial charge in [0.05, 0.1) is 0 Å². The van der Waals surface area contributed by atoms with Crippen LogP contribution in [-0.4, -0.2) is 22.0 Å². The third-order valence-corrected chi connectivity index (χ3v) is 2.98. The molecule has 0 heterocycles. The van der Waals surface area contributed by atoms with Crippen LogP contribution in [0.3, 0.4) is 0 Å². The van der Waals surface area contributed by atoms with Crippen molar-refractivity contribution >= 4 is 11.2 Å². The van der Waals surface area contributed by atoms with Crippen molar-refractivity contribution in [3.63, 3.8) is 0 Å². The van der Waals surface area contributed by atoms with Crippen LogP contribution in [0, 0.1) is 0 Å². The fourth-order valence-corrected chi connectivity index (χ4v) is 1.77. The summed E-state index contributed by atoms with van der Waals surface area (Å²) >= 11 is -1.24. The van der Waals surface area contributed by atoms with Gasteiger partial charge in [-0.05, 0) is 24.0 Å². The lowest BCUT2D eigenvalue weighted by molar-refractivity contribution is 0.174. The van der Waals surface area contributed by atoms with Crippen LogP contribution in [0.4, 0.5) is 8.78 Å². The Hall–Kier alpha value is 0.170. The van der Waals surface area contributed by atoms with Crippen LogP contribution in [0.25, 0.3) is 0 Å². The van der Waals surface area contributed by atoms with Gasteiger partial charge in [-0.25, -0.2) is 8.78 Å². The highest BCUT2D eigenvalue weighted by Crippen LogP contribution is 2.29. The van der Waals surface area contributed by atoms with Crippen LogP contribution >= 0.6 is 0 Å². The summed E-state index contributed by atoms with van der Waals surface area (Å²) in [6, 6.07) is 0. The molecule has 1 unspecified atom stereocenters. The van der Waals surface area contributed by atoms with Crippen LogP contribution < -0.4 is 0 Å². The van der Waals surface area contributed by atoms with Crippen molar-refractivity contribution in [3.05, 3.63) is 0 Å². The molecule has 1 nitrogen and oxygen atoms in total. The molecule has 0 saturated heterocycles. The monoisotopic (exact) mass is 154 g/mol. The summed E-state index contributed by atoms with van der Waals surface area (Å²) in [5, 5.41) is 0.0963. The molecule has 9 heavy (non-hydrogen) atoms. The first-order chi connectivity index (χ1) is 4.20. The maximum atomic E-state index is 11.5. The van der Waals surface area contributed by atoms with Crippen molar-refractivity contribution in [2.45, 2.75) is 24.5 Å². The molecular weight excluding hydrogens is 146 g/mol. The second-order valence-electron chi connectivity index (χ2n) is 2.14. The molecule has 1 rings (SSSR count). The topological polar surface area (TPSA) is 23.1 Å². The summed E-state index contributed by atoms with van der Waals surface area (Å²) in [7, 11) is 0. The average molecular weight is 154 g/mol. The highest BCUT2D eigenvalue weighted by molar-refractivity contribution is 7.92. The molecule has 0 aliphatic heterocycles. The van der Waals surface area contributed by atoms with Crippen LogP contribution in [0.2, 0.25) is 0 Å². The number of alkyl halides is 2. The minimum atomic E-state index is -2.40. The molecular formula is C5H8F2OS. The van der Waals surface area contributed by atoms with Crippen molar-refractivity contribution in [1.82, 2.24) is 0 Å². The Kier molecular flexibility index (Phi) is 2.29. The van der Waals surface area contributed by atoms with Gasteiger partial charge >= 0.3 is 0 Å². The first-order valence-electron chi connectivity index (χ1n) is 2.85. The summed E-state index contributed by atoms with van der Waals surface area (Å²) in [5.74, 6) is -0.426. The highest BCUT2D eigenvalue weighted by Gasteiger charge is 2.35. The molecule has 0 aromatic rings. The van der Waals surface area contributed by atoms with Gasteiger partial charge in [-0.1, -0.05) is 0 Å². The maximum Gasteiger partial charge on any atom is 0.282 e. The molecule has 0 spiro atoms. The zero-order valence-electron chi connectivity index (χ0n) is 4.85. The van der Waals surface area contributed by atoms with Gasteiger partial charge in [0.15, 0.2) is 5.75 Å². The van der Waals surface area contributed by atoms with E-state index < -0.39 is 23.4 Å². The van der Waals surface area contributed by atoms with E-state index in [1.807, 2.05) is 0 Å². The van der Waals surface area contributed by atoms with E-state index in [1.54, 1.807) is 0 Å². The van der Waals surface area contributed by atoms with Gasteiger partial charge in [0, 0.05) is 0 Å². The van der Waals surface area contributed by atoms with E-state index in [0.717, 1.165) is 12.8 Å². The maximum absolute atomic E-state index is 11.5. The lowest BCUT2D eigenvalue weighted by Crippen LogP contribution is -2.17. The highest BCUT2D eigenvalue weighted by atomic mass is 32.2. The van der Waals surface area contributed by atoms with Gasteiger partial charge in [-0.2, -0.15) is 0 Å². The normalized spacial score (nSPS) is 22.7. The molecule has 0 aromatic carbocycles. The van der Waals surface area contributed by atoms with Crippen molar-refractivity contribution < 1.29 is 13.3 Å². The summed E-state index contributed by atoms with van der Waals surface area (Å²) < 4.78 is 33.6. The van der Waals surface area contributed by atoms with Gasteiger partial charge in [0.2, 0.25) is 0 Å². The molecule has 0 radical (unpaired) electrons. The number of halogens is 2. The lowest BCUT2D eigenvalue weighted by Gasteiger charge is -2.07. The van der Waals surface area contributed by atoms with E-state index in [4.69, 9.17) is 0 Å². The van der Waals surface area contributed by atoms with E-state index in [2.05, 4.69) is 0 Å². The molecule has 1 aliphatic rings. The summed E-state index contributed by atoms with van der Waals surface area (Å²) in [5.41, 5.74) is 0. The van der Waals surface area contributed by atoms with Crippen LogP contribution in [0.5, 0.6) is 0 Å². The van der Waals surface area contributed by atoms with E-state index in [-0.39, 0.29) is 5.25 Å². The van der Waals surface area contributed by atoms with Gasteiger partial charge in [-0.15, -0.1) is 0 Å². The van der Waals surface area contributed by atoms with E-state index in [0.29, 0.717) is 0 Å². The lowest BCUT2D eigenvalue weighted by atomic mass is 10.9. The van der Waals surface area contributed by atoms with E-state index >= 15 is 0 Å². The molecule has 1 saturated carbocycles. The Bertz CT molecular complexity index is 95.0. The third-order valence-electron chi connectivity index (χ3n) is 1.19. The fraction of sp³-hybridized carbons (Fsp3) is 1.00. The predicted molar refractivity (Wildman–Crippen MR) is 32.0 cm³/mol. The minimum Gasteiger partial charge on any atom is -0.616 e. The van der Waals surface area contributed by atoms with Crippen LogP contribution in [-0.2, 0) is 11.2 Å². The zero-order valence-corrected chi connectivity index (χ0v) is 5.66. The second kappa shape index (κ2) is 2.84. The molecule has 4 heteroatoms. The summed E-state index contributed by atoms with van der Waals surface area (Å²) in [6.07, 6.45) is -0.648. The Morgan fingerprint density at radius 3 is 2.44 bits per heavy atom. The molecule has 54 valence electrons. The second-order valence-corrected chi connectivity index (χ2v) is 3.90. The van der Waals surface area contributed by atoms with Gasteiger partial charge in [-0.3, -0.25) is 0 Å². The zero-order chi connectivity index (χ0) is 6.85. The predicted octanol–water partition coefficient (Wildman–Crippen LogP) is 1.16. The quantitative estimate of drug-likeness (QED) is 0.559. The van der Waals surface area contributed by atoms with Crippen molar-refractivity contribution in [2.75, 3.05) is 5.75 Å². The fourth-order valence-electron chi connectivity index (χ4n) is 0.591.